The first kappa shape index (κ1) is 32.9. The average molecular weight is 612 g/mol. The summed E-state index contributed by atoms with van der Waals surface area (Å²) < 4.78 is 154. The van der Waals surface area contributed by atoms with Crippen molar-refractivity contribution in [1.29, 1.82) is 0 Å². The summed E-state index contributed by atoms with van der Waals surface area (Å²) in [5, 5.41) is -7.35. The van der Waals surface area contributed by atoms with E-state index in [2.05, 4.69) is 9.17 Å². The highest BCUT2D eigenvalue weighted by Gasteiger charge is 2.86. The largest absolute Gasteiger partial charge is 0.460 e. The Bertz CT molecular complexity index is 1280. The van der Waals surface area contributed by atoms with Crippen LogP contribution in [0.5, 0.6) is 5.75 Å². The van der Waals surface area contributed by atoms with E-state index in [9.17, 15) is 47.9 Å². The van der Waals surface area contributed by atoms with Crippen molar-refractivity contribution in [2.24, 2.45) is 0 Å². The Morgan fingerprint density at radius 2 is 1.36 bits per heavy atom. The first-order valence-corrected chi connectivity index (χ1v) is 15.5. The van der Waals surface area contributed by atoms with E-state index < -0.39 is 53.6 Å². The van der Waals surface area contributed by atoms with Crippen LogP contribution in [0.2, 0.25) is 18.1 Å². The predicted octanol–water partition coefficient (Wildman–Crippen LogP) is 7.64. The summed E-state index contributed by atoms with van der Waals surface area (Å²) in [6.45, 7) is 10.7. The molecule has 1 heterocycles. The molecule has 0 amide bonds. The maximum atomic E-state index is 14.2. The van der Waals surface area contributed by atoms with E-state index in [0.29, 0.717) is 11.6 Å². The number of aromatic nitrogens is 1. The van der Waals surface area contributed by atoms with Crippen LogP contribution in [0.3, 0.4) is 0 Å². The summed E-state index contributed by atoms with van der Waals surface area (Å²) in [5.41, 5.74) is 0.274. The number of halogens is 9. The highest BCUT2D eigenvalue weighted by atomic mass is 32.2. The SMILES string of the molecule is Cc1cc(OS(=O)(=O)C(F)(F)C(F)(F)C(F)(F)C(F)(F)F)cc([C@H](O[Si](C)(C)C(C)(C)C)c2ccccc2)n1. The lowest BCUT2D eigenvalue weighted by atomic mass is 10.1. The van der Waals surface area contributed by atoms with E-state index in [0.717, 1.165) is 6.07 Å². The fourth-order valence-corrected chi connectivity index (χ4v) is 5.04. The fraction of sp³-hybridized carbons (Fsp3) is 0.522. The van der Waals surface area contributed by atoms with Crippen molar-refractivity contribution in [1.82, 2.24) is 4.98 Å². The van der Waals surface area contributed by atoms with Gasteiger partial charge in [-0.05, 0) is 30.6 Å². The van der Waals surface area contributed by atoms with Gasteiger partial charge in [0.2, 0.25) is 0 Å². The molecule has 1 atom stereocenters. The molecule has 0 N–H and O–H groups in total. The molecule has 0 saturated heterocycles. The second-order valence-electron chi connectivity index (χ2n) is 10.2. The Morgan fingerprint density at radius 1 is 0.846 bits per heavy atom. The standard InChI is InChI=1S/C23H26F9NO4SSi/c1-14-12-16(36-38(34,35)23(31,32)21(26,27)20(24,25)22(28,29)30)13-17(33-14)18(15-10-8-7-9-11-15)37-39(5,6)19(2,3)4/h7-13,18H,1-6H3/t18-/m1/s1. The van der Waals surface area contributed by atoms with Gasteiger partial charge in [-0.2, -0.15) is 47.9 Å². The molecule has 2 rings (SSSR count). The second-order valence-corrected chi connectivity index (χ2v) is 16.6. The molecule has 1 aromatic carbocycles. The van der Waals surface area contributed by atoms with Gasteiger partial charge in [0.25, 0.3) is 0 Å². The van der Waals surface area contributed by atoms with Gasteiger partial charge in [0.05, 0.1) is 5.69 Å². The lowest BCUT2D eigenvalue weighted by Crippen LogP contribution is -2.63. The summed E-state index contributed by atoms with van der Waals surface area (Å²) >= 11 is 0. The number of hydrogen-bond acceptors (Lipinski definition) is 5. The van der Waals surface area contributed by atoms with E-state index in [-0.39, 0.29) is 16.4 Å². The molecule has 0 fully saturated rings. The molecule has 0 spiro atoms. The van der Waals surface area contributed by atoms with Crippen molar-refractivity contribution in [3.63, 3.8) is 0 Å². The van der Waals surface area contributed by atoms with Gasteiger partial charge in [-0.3, -0.25) is 4.98 Å². The number of nitrogens with zero attached hydrogens (tertiary/aromatic N) is 1. The zero-order valence-corrected chi connectivity index (χ0v) is 23.3. The van der Waals surface area contributed by atoms with E-state index in [1.165, 1.54) is 6.92 Å². The zero-order valence-electron chi connectivity index (χ0n) is 21.5. The smallest absolute Gasteiger partial charge is 0.404 e. The third-order valence-corrected chi connectivity index (χ3v) is 11.9. The van der Waals surface area contributed by atoms with Crippen molar-refractivity contribution in [2.75, 3.05) is 0 Å². The zero-order chi connectivity index (χ0) is 30.5. The predicted molar refractivity (Wildman–Crippen MR) is 126 cm³/mol. The number of aryl methyl sites for hydroxylation is 1. The Balaban J connectivity index is 2.61. The molecule has 0 bridgehead atoms. The van der Waals surface area contributed by atoms with Gasteiger partial charge in [-0.25, -0.2) is 0 Å². The molecular weight excluding hydrogens is 585 g/mol. The Labute approximate surface area is 220 Å². The highest BCUT2D eigenvalue weighted by molar-refractivity contribution is 7.88. The third-order valence-electron chi connectivity index (χ3n) is 6.17. The Kier molecular flexibility index (Phi) is 8.64. The van der Waals surface area contributed by atoms with Crippen LogP contribution >= 0.6 is 0 Å². The topological polar surface area (TPSA) is 65.5 Å². The highest BCUT2D eigenvalue weighted by Crippen LogP contribution is 2.55. The molecule has 5 nitrogen and oxygen atoms in total. The Hall–Kier alpha value is -2.33. The third kappa shape index (κ3) is 6.21. The van der Waals surface area contributed by atoms with Crippen LogP contribution in [0.25, 0.3) is 0 Å². The number of benzene rings is 1. The van der Waals surface area contributed by atoms with Crippen LogP contribution in [-0.2, 0) is 14.5 Å². The molecule has 0 aliphatic rings. The number of pyridine rings is 1. The van der Waals surface area contributed by atoms with Gasteiger partial charge >= 0.3 is 33.4 Å². The molecule has 16 heteroatoms. The van der Waals surface area contributed by atoms with E-state index in [1.54, 1.807) is 30.3 Å². The molecule has 0 saturated carbocycles. The molecule has 0 aliphatic heterocycles. The van der Waals surface area contributed by atoms with E-state index >= 15 is 0 Å². The van der Waals surface area contributed by atoms with Crippen LogP contribution in [-0.4, -0.2) is 45.0 Å². The van der Waals surface area contributed by atoms with Crippen molar-refractivity contribution in [2.45, 2.75) is 75.2 Å². The quantitative estimate of drug-likeness (QED) is 0.166. The van der Waals surface area contributed by atoms with Gasteiger partial charge in [-0.1, -0.05) is 51.1 Å². The van der Waals surface area contributed by atoms with Crippen LogP contribution < -0.4 is 4.18 Å². The van der Waals surface area contributed by atoms with Gasteiger partial charge in [0.15, 0.2) is 8.32 Å². The summed E-state index contributed by atoms with van der Waals surface area (Å²) in [6, 6.07) is 9.63. The van der Waals surface area contributed by atoms with E-state index in [1.807, 2.05) is 33.9 Å². The summed E-state index contributed by atoms with van der Waals surface area (Å²) in [7, 11) is -9.74. The van der Waals surface area contributed by atoms with Crippen molar-refractivity contribution in [3.8, 4) is 5.75 Å². The second kappa shape index (κ2) is 10.3. The normalized spacial score (nSPS) is 15.3. The number of alkyl halides is 9. The average Bonchev–Trinajstić information content (AvgIpc) is 2.75. The first-order chi connectivity index (χ1) is 17.3. The molecule has 0 unspecified atom stereocenters. The van der Waals surface area contributed by atoms with Crippen molar-refractivity contribution in [3.05, 3.63) is 59.4 Å². The molecule has 1 aromatic heterocycles. The van der Waals surface area contributed by atoms with Crippen LogP contribution in [0, 0.1) is 6.92 Å². The minimum atomic E-state index is -7.42. The summed E-state index contributed by atoms with van der Waals surface area (Å²) in [5.74, 6) is -15.9. The summed E-state index contributed by atoms with van der Waals surface area (Å²) in [6.07, 6.45) is -8.24. The maximum absolute atomic E-state index is 14.2. The molecule has 39 heavy (non-hydrogen) atoms. The Morgan fingerprint density at radius 3 is 1.82 bits per heavy atom. The number of hydrogen-bond donors (Lipinski definition) is 0. The van der Waals surface area contributed by atoms with Gasteiger partial charge in [0.1, 0.15) is 11.9 Å². The monoisotopic (exact) mass is 611 g/mol. The molecule has 0 radical (unpaired) electrons. The lowest BCUT2D eigenvalue weighted by Gasteiger charge is -2.39. The first-order valence-electron chi connectivity index (χ1n) is 11.1. The van der Waals surface area contributed by atoms with Crippen LogP contribution in [0.4, 0.5) is 39.5 Å². The van der Waals surface area contributed by atoms with Gasteiger partial charge < -0.3 is 8.61 Å². The van der Waals surface area contributed by atoms with Crippen molar-refractivity contribution < 1.29 is 56.5 Å². The molecule has 2 aromatic rings. The van der Waals surface area contributed by atoms with Crippen LogP contribution in [0.15, 0.2) is 42.5 Å². The van der Waals surface area contributed by atoms with Crippen molar-refractivity contribution >= 4 is 18.4 Å². The van der Waals surface area contributed by atoms with Gasteiger partial charge in [-0.15, -0.1) is 0 Å². The van der Waals surface area contributed by atoms with Crippen LogP contribution in [0.1, 0.15) is 43.8 Å². The maximum Gasteiger partial charge on any atom is 0.460 e. The summed E-state index contributed by atoms with van der Waals surface area (Å²) in [4.78, 5) is 4.21. The minimum Gasteiger partial charge on any atom is -0.404 e. The lowest BCUT2D eigenvalue weighted by molar-refractivity contribution is -0.382. The fourth-order valence-electron chi connectivity index (χ4n) is 2.94. The molecule has 220 valence electrons. The minimum absolute atomic E-state index is 0.0897. The molecule has 0 aliphatic carbocycles. The van der Waals surface area contributed by atoms with E-state index in [4.69, 9.17) is 4.43 Å². The van der Waals surface area contributed by atoms with Gasteiger partial charge in [0, 0.05) is 17.8 Å². The molecular formula is C23H26F9NO4SSi. The number of rotatable bonds is 9.